The second kappa shape index (κ2) is 11.9. The minimum absolute atomic E-state index is 0.523. The quantitative estimate of drug-likeness (QED) is 0.181. The predicted octanol–water partition coefficient (Wildman–Crippen LogP) is 10.8. The molecular formula is C45H26N6O. The molecule has 0 N–H and O–H groups in total. The number of furan rings is 1. The SMILES string of the molecule is N#Cc1c(-c2ccncc2)c(-c2ccncc2)c(-c2ccncc2)c(-c2ccncc2)c1-n1c2ccccc2c2c3oc4ccccc4c3ccc21. The number of para-hydroxylation sites is 2. The van der Waals surface area contributed by atoms with Gasteiger partial charge in [-0.25, -0.2) is 0 Å². The molecule has 0 amide bonds. The number of hydrogen-bond acceptors (Lipinski definition) is 6. The molecule has 0 saturated carbocycles. The molecule has 0 fully saturated rings. The van der Waals surface area contributed by atoms with E-state index in [-0.39, 0.29) is 0 Å². The second-order valence-corrected chi connectivity index (χ2v) is 12.6. The van der Waals surface area contributed by atoms with E-state index < -0.39 is 0 Å². The molecule has 0 saturated heterocycles. The van der Waals surface area contributed by atoms with E-state index in [4.69, 9.17) is 4.42 Å². The van der Waals surface area contributed by atoms with Crippen molar-refractivity contribution in [2.45, 2.75) is 0 Å². The van der Waals surface area contributed by atoms with Crippen molar-refractivity contribution in [3.8, 4) is 56.3 Å². The highest BCUT2D eigenvalue weighted by Gasteiger charge is 2.31. The highest BCUT2D eigenvalue weighted by molar-refractivity contribution is 6.24. The first-order chi connectivity index (χ1) is 25.8. The Morgan fingerprint density at radius 1 is 0.462 bits per heavy atom. The third-order valence-electron chi connectivity index (χ3n) is 9.87. The fourth-order valence-corrected chi connectivity index (χ4v) is 7.77. The standard InChI is InChI=1S/C45H26N6O/c46-27-35-39(28-11-19-47-20-12-28)40(29-13-21-48-22-14-29)41(30-15-23-49-24-16-30)42(31-17-25-50-26-18-31)44(35)51-36-7-3-1-6-34(36)43-37(51)10-9-33-32-5-2-4-8-38(32)52-45(33)43/h1-26H. The average molecular weight is 667 g/mol. The fraction of sp³-hybridized carbons (Fsp3) is 0. The third kappa shape index (κ3) is 4.38. The lowest BCUT2D eigenvalue weighted by molar-refractivity contribution is 0.673. The van der Waals surface area contributed by atoms with E-state index in [1.807, 2.05) is 85.2 Å². The van der Waals surface area contributed by atoms with Crippen LogP contribution in [0.5, 0.6) is 0 Å². The molecule has 7 heteroatoms. The number of nitrogens with zero attached hydrogens (tertiary/aromatic N) is 6. The van der Waals surface area contributed by atoms with Crippen LogP contribution in [-0.4, -0.2) is 24.5 Å². The lowest BCUT2D eigenvalue weighted by Crippen LogP contribution is -2.07. The van der Waals surface area contributed by atoms with Gasteiger partial charge in [-0.2, -0.15) is 5.26 Å². The molecule has 0 unspecified atom stereocenters. The first-order valence-corrected chi connectivity index (χ1v) is 16.9. The number of fused-ring (bicyclic) bond motifs is 7. The molecular weight excluding hydrogens is 641 g/mol. The van der Waals surface area contributed by atoms with Gasteiger partial charge in [-0.15, -0.1) is 0 Å². The summed E-state index contributed by atoms with van der Waals surface area (Å²) in [5.74, 6) is 0. The number of nitriles is 1. The first-order valence-electron chi connectivity index (χ1n) is 16.9. The molecule has 0 atom stereocenters. The van der Waals surface area contributed by atoms with E-state index in [9.17, 15) is 5.26 Å². The minimum Gasteiger partial charge on any atom is -0.455 e. The van der Waals surface area contributed by atoms with Crippen LogP contribution in [0.25, 0.3) is 93.9 Å². The predicted molar refractivity (Wildman–Crippen MR) is 206 cm³/mol. The Morgan fingerprint density at radius 2 is 0.962 bits per heavy atom. The summed E-state index contributed by atoms with van der Waals surface area (Å²) in [6, 6.07) is 39.5. The average Bonchev–Trinajstić information content (AvgIpc) is 3.77. The fourth-order valence-electron chi connectivity index (χ4n) is 7.77. The van der Waals surface area contributed by atoms with E-state index in [1.54, 1.807) is 37.2 Å². The summed E-state index contributed by atoms with van der Waals surface area (Å²) in [6.45, 7) is 0. The molecule has 6 aromatic heterocycles. The first kappa shape index (κ1) is 29.5. The molecule has 10 aromatic rings. The molecule has 52 heavy (non-hydrogen) atoms. The Balaban J connectivity index is 1.50. The monoisotopic (exact) mass is 666 g/mol. The van der Waals surface area contributed by atoms with Gasteiger partial charge in [-0.05, 0) is 101 Å². The van der Waals surface area contributed by atoms with Gasteiger partial charge in [0, 0.05) is 82.4 Å². The summed E-state index contributed by atoms with van der Waals surface area (Å²) in [4.78, 5) is 17.5. The zero-order valence-corrected chi connectivity index (χ0v) is 27.6. The van der Waals surface area contributed by atoms with E-state index in [0.717, 1.165) is 93.9 Å². The van der Waals surface area contributed by atoms with Crippen molar-refractivity contribution < 1.29 is 4.42 Å². The highest BCUT2D eigenvalue weighted by atomic mass is 16.3. The van der Waals surface area contributed by atoms with Gasteiger partial charge in [0.05, 0.1) is 27.7 Å². The van der Waals surface area contributed by atoms with Gasteiger partial charge < -0.3 is 8.98 Å². The molecule has 7 nitrogen and oxygen atoms in total. The van der Waals surface area contributed by atoms with E-state index in [0.29, 0.717) is 5.56 Å². The van der Waals surface area contributed by atoms with Crippen molar-refractivity contribution >= 4 is 43.7 Å². The molecule has 4 aromatic carbocycles. The Bertz CT molecular complexity index is 3000. The van der Waals surface area contributed by atoms with Crippen molar-refractivity contribution in [2.75, 3.05) is 0 Å². The van der Waals surface area contributed by atoms with E-state index >= 15 is 0 Å². The van der Waals surface area contributed by atoms with Gasteiger partial charge in [-0.3, -0.25) is 19.9 Å². The maximum Gasteiger partial charge on any atom is 0.145 e. The number of rotatable bonds is 5. The lowest BCUT2D eigenvalue weighted by atomic mass is 9.79. The summed E-state index contributed by atoms with van der Waals surface area (Å²) in [7, 11) is 0. The van der Waals surface area contributed by atoms with E-state index in [1.165, 1.54) is 0 Å². The summed E-state index contributed by atoms with van der Waals surface area (Å²) in [6.07, 6.45) is 14.3. The van der Waals surface area contributed by atoms with Gasteiger partial charge in [0.2, 0.25) is 0 Å². The van der Waals surface area contributed by atoms with Gasteiger partial charge in [0.25, 0.3) is 0 Å². The Labute approximate surface area is 297 Å². The number of hydrogen-bond donors (Lipinski definition) is 0. The number of pyridine rings is 4. The maximum atomic E-state index is 11.5. The minimum atomic E-state index is 0.523. The molecule has 10 rings (SSSR count). The van der Waals surface area contributed by atoms with Gasteiger partial charge in [0.1, 0.15) is 17.2 Å². The van der Waals surface area contributed by atoms with Crippen LogP contribution in [0, 0.1) is 11.3 Å². The van der Waals surface area contributed by atoms with Gasteiger partial charge >= 0.3 is 0 Å². The normalized spacial score (nSPS) is 11.4. The molecule has 0 aliphatic rings. The van der Waals surface area contributed by atoms with Crippen molar-refractivity contribution in [1.29, 1.82) is 5.26 Å². The smallest absolute Gasteiger partial charge is 0.145 e. The second-order valence-electron chi connectivity index (χ2n) is 12.6. The van der Waals surface area contributed by atoms with Crippen molar-refractivity contribution in [1.82, 2.24) is 24.5 Å². The van der Waals surface area contributed by atoms with Crippen molar-refractivity contribution in [3.05, 3.63) is 164 Å². The summed E-state index contributed by atoms with van der Waals surface area (Å²) in [5.41, 5.74) is 12.0. The van der Waals surface area contributed by atoms with Crippen LogP contribution in [-0.2, 0) is 0 Å². The van der Waals surface area contributed by atoms with Crippen LogP contribution in [0.4, 0.5) is 0 Å². The van der Waals surface area contributed by atoms with Crippen LogP contribution >= 0.6 is 0 Å². The van der Waals surface area contributed by atoms with E-state index in [2.05, 4.69) is 67.0 Å². The van der Waals surface area contributed by atoms with Crippen LogP contribution in [0.3, 0.4) is 0 Å². The highest BCUT2D eigenvalue weighted by Crippen LogP contribution is 2.52. The third-order valence-corrected chi connectivity index (χ3v) is 9.87. The zero-order chi connectivity index (χ0) is 34.6. The molecule has 0 spiro atoms. The van der Waals surface area contributed by atoms with Gasteiger partial charge in [0.15, 0.2) is 0 Å². The molecule has 0 aliphatic carbocycles. The zero-order valence-electron chi connectivity index (χ0n) is 27.6. The van der Waals surface area contributed by atoms with Crippen LogP contribution in [0.15, 0.2) is 163 Å². The molecule has 0 bridgehead atoms. The topological polar surface area (TPSA) is 93.4 Å². The van der Waals surface area contributed by atoms with Crippen LogP contribution < -0.4 is 0 Å². The van der Waals surface area contributed by atoms with Crippen molar-refractivity contribution in [2.24, 2.45) is 0 Å². The van der Waals surface area contributed by atoms with Crippen molar-refractivity contribution in [3.63, 3.8) is 0 Å². The number of benzene rings is 4. The number of aromatic nitrogens is 5. The molecule has 0 radical (unpaired) electrons. The largest absolute Gasteiger partial charge is 0.455 e. The summed E-state index contributed by atoms with van der Waals surface area (Å²) < 4.78 is 8.90. The summed E-state index contributed by atoms with van der Waals surface area (Å²) >= 11 is 0. The summed E-state index contributed by atoms with van der Waals surface area (Å²) in [5, 5.41) is 15.7. The molecule has 6 heterocycles. The molecule has 0 aliphatic heterocycles. The van der Waals surface area contributed by atoms with Crippen LogP contribution in [0.2, 0.25) is 0 Å². The van der Waals surface area contributed by atoms with Crippen LogP contribution in [0.1, 0.15) is 5.56 Å². The lowest BCUT2D eigenvalue weighted by Gasteiger charge is -2.26. The molecule has 242 valence electrons. The van der Waals surface area contributed by atoms with Gasteiger partial charge in [-0.1, -0.05) is 36.4 Å². The Hall–Kier alpha value is -7.43. The Kier molecular flexibility index (Phi) is 6.73. The maximum absolute atomic E-state index is 11.5. The Morgan fingerprint density at radius 3 is 1.56 bits per heavy atom.